The van der Waals surface area contributed by atoms with E-state index >= 15 is 0 Å². The Labute approximate surface area is 119 Å². The normalized spacial score (nSPS) is 10.2. The molecule has 0 fully saturated rings. The molecule has 98 valence electrons. The Balaban J connectivity index is 2.04. The molecule has 0 saturated heterocycles. The van der Waals surface area contributed by atoms with Gasteiger partial charge in [-0.2, -0.15) is 0 Å². The molecule has 4 N–H and O–H groups in total. The molecule has 0 aliphatic carbocycles. The van der Waals surface area contributed by atoms with Gasteiger partial charge >= 0.3 is 0 Å². The second-order valence-electron chi connectivity index (χ2n) is 4.08. The number of benzene rings is 2. The number of hydrogen-bond donors (Lipinski definition) is 3. The molecule has 1 amide bonds. The summed E-state index contributed by atoms with van der Waals surface area (Å²) >= 11 is 3.31. The number of carbonyl (C=O) groups is 1. The van der Waals surface area contributed by atoms with Crippen LogP contribution in [0.5, 0.6) is 5.75 Å². The summed E-state index contributed by atoms with van der Waals surface area (Å²) in [5, 5.41) is 12.4. The Morgan fingerprint density at radius 1 is 1.21 bits per heavy atom. The zero-order chi connectivity index (χ0) is 13.8. The standard InChI is InChI=1S/C14H13BrN2O2/c15-11-3-1-9(2-4-11)14(19)17-8-10-7-12(16)5-6-13(10)18/h1-7,18H,8,16H2,(H,17,19). The van der Waals surface area contributed by atoms with Gasteiger partial charge in [0.05, 0.1) is 0 Å². The minimum absolute atomic E-state index is 0.116. The molecule has 0 aromatic heterocycles. The fourth-order valence-electron chi connectivity index (χ4n) is 1.63. The number of phenols is 1. The van der Waals surface area contributed by atoms with Crippen molar-refractivity contribution in [2.24, 2.45) is 0 Å². The number of nitrogens with one attached hydrogen (secondary N) is 1. The summed E-state index contributed by atoms with van der Waals surface area (Å²) in [7, 11) is 0. The van der Waals surface area contributed by atoms with Crippen LogP contribution in [0.4, 0.5) is 5.69 Å². The largest absolute Gasteiger partial charge is 0.508 e. The third-order valence-corrected chi connectivity index (χ3v) is 3.18. The van der Waals surface area contributed by atoms with Crippen LogP contribution in [-0.2, 0) is 6.54 Å². The number of amides is 1. The number of nitrogens with two attached hydrogens (primary N) is 1. The zero-order valence-corrected chi connectivity index (χ0v) is 11.6. The lowest BCUT2D eigenvalue weighted by Gasteiger charge is -2.08. The highest BCUT2D eigenvalue weighted by molar-refractivity contribution is 9.10. The Hall–Kier alpha value is -2.01. The third kappa shape index (κ3) is 3.48. The van der Waals surface area contributed by atoms with E-state index in [1.54, 1.807) is 36.4 Å². The maximum atomic E-state index is 11.9. The van der Waals surface area contributed by atoms with E-state index in [4.69, 9.17) is 5.73 Å². The Kier molecular flexibility index (Phi) is 4.06. The Bertz CT molecular complexity index is 597. The lowest BCUT2D eigenvalue weighted by Crippen LogP contribution is -2.22. The molecule has 0 radical (unpaired) electrons. The van der Waals surface area contributed by atoms with Crippen molar-refractivity contribution < 1.29 is 9.90 Å². The van der Waals surface area contributed by atoms with Gasteiger partial charge in [-0.05, 0) is 42.5 Å². The van der Waals surface area contributed by atoms with E-state index in [1.165, 1.54) is 6.07 Å². The van der Waals surface area contributed by atoms with E-state index in [0.717, 1.165) is 4.47 Å². The number of aromatic hydroxyl groups is 1. The molecule has 4 nitrogen and oxygen atoms in total. The van der Waals surface area contributed by atoms with E-state index in [2.05, 4.69) is 21.2 Å². The van der Waals surface area contributed by atoms with Gasteiger partial charge in [0.2, 0.25) is 0 Å². The van der Waals surface area contributed by atoms with E-state index in [-0.39, 0.29) is 18.2 Å². The maximum absolute atomic E-state index is 11.9. The minimum atomic E-state index is -0.200. The molecular formula is C14H13BrN2O2. The van der Waals surface area contributed by atoms with Gasteiger partial charge in [-0.15, -0.1) is 0 Å². The predicted octanol–water partition coefficient (Wildman–Crippen LogP) is 2.67. The molecule has 0 unspecified atom stereocenters. The molecule has 2 aromatic rings. The van der Waals surface area contributed by atoms with Gasteiger partial charge in [-0.1, -0.05) is 15.9 Å². The highest BCUT2D eigenvalue weighted by Gasteiger charge is 2.07. The van der Waals surface area contributed by atoms with Crippen LogP contribution < -0.4 is 11.1 Å². The first-order valence-corrected chi connectivity index (χ1v) is 6.46. The van der Waals surface area contributed by atoms with Crippen molar-refractivity contribution in [2.75, 3.05) is 5.73 Å². The van der Waals surface area contributed by atoms with Crippen LogP contribution >= 0.6 is 15.9 Å². The fourth-order valence-corrected chi connectivity index (χ4v) is 1.89. The minimum Gasteiger partial charge on any atom is -0.508 e. The molecule has 2 rings (SSSR count). The third-order valence-electron chi connectivity index (χ3n) is 2.65. The Morgan fingerprint density at radius 2 is 1.89 bits per heavy atom. The molecule has 2 aromatic carbocycles. The van der Waals surface area contributed by atoms with Gasteiger partial charge in [-0.3, -0.25) is 4.79 Å². The number of nitrogen functional groups attached to an aromatic ring is 1. The van der Waals surface area contributed by atoms with Gasteiger partial charge in [0.25, 0.3) is 5.91 Å². The number of phenolic OH excluding ortho intramolecular Hbond substituents is 1. The van der Waals surface area contributed by atoms with Crippen LogP contribution in [-0.4, -0.2) is 11.0 Å². The Morgan fingerprint density at radius 3 is 2.58 bits per heavy atom. The van der Waals surface area contributed by atoms with Gasteiger partial charge in [0.1, 0.15) is 5.75 Å². The first kappa shape index (κ1) is 13.4. The van der Waals surface area contributed by atoms with Gasteiger partial charge in [0, 0.05) is 27.8 Å². The van der Waals surface area contributed by atoms with Crippen molar-refractivity contribution in [3.8, 4) is 5.75 Å². The first-order chi connectivity index (χ1) is 9.06. The molecule has 0 saturated carbocycles. The summed E-state index contributed by atoms with van der Waals surface area (Å²) < 4.78 is 0.914. The quantitative estimate of drug-likeness (QED) is 0.601. The molecule has 0 atom stereocenters. The second-order valence-corrected chi connectivity index (χ2v) is 4.99. The summed E-state index contributed by atoms with van der Waals surface area (Å²) in [6, 6.07) is 11.8. The van der Waals surface area contributed by atoms with Crippen molar-refractivity contribution in [2.45, 2.75) is 6.54 Å². The summed E-state index contributed by atoms with van der Waals surface area (Å²) in [6.07, 6.45) is 0. The maximum Gasteiger partial charge on any atom is 0.251 e. The highest BCUT2D eigenvalue weighted by Crippen LogP contribution is 2.19. The number of rotatable bonds is 3. The number of anilines is 1. The number of carbonyl (C=O) groups excluding carboxylic acids is 1. The van der Waals surface area contributed by atoms with Crippen LogP contribution in [0.15, 0.2) is 46.9 Å². The molecule has 5 heteroatoms. The van der Waals surface area contributed by atoms with E-state index in [0.29, 0.717) is 16.8 Å². The van der Waals surface area contributed by atoms with Crippen LogP contribution in [0.2, 0.25) is 0 Å². The summed E-state index contributed by atoms with van der Waals surface area (Å²) in [4.78, 5) is 11.9. The highest BCUT2D eigenvalue weighted by atomic mass is 79.9. The topological polar surface area (TPSA) is 75.3 Å². The van der Waals surface area contributed by atoms with E-state index in [1.807, 2.05) is 0 Å². The van der Waals surface area contributed by atoms with E-state index in [9.17, 15) is 9.90 Å². The van der Waals surface area contributed by atoms with Crippen molar-refractivity contribution in [1.82, 2.24) is 5.32 Å². The smallest absolute Gasteiger partial charge is 0.251 e. The van der Waals surface area contributed by atoms with Crippen molar-refractivity contribution in [3.05, 3.63) is 58.1 Å². The van der Waals surface area contributed by atoms with Gasteiger partial charge in [-0.25, -0.2) is 0 Å². The predicted molar refractivity (Wildman–Crippen MR) is 77.8 cm³/mol. The van der Waals surface area contributed by atoms with E-state index < -0.39 is 0 Å². The lowest BCUT2D eigenvalue weighted by atomic mass is 10.1. The average molecular weight is 321 g/mol. The average Bonchev–Trinajstić information content (AvgIpc) is 2.40. The molecule has 0 bridgehead atoms. The summed E-state index contributed by atoms with van der Waals surface area (Å²) in [5.74, 6) is -0.0837. The van der Waals surface area contributed by atoms with Gasteiger partial charge < -0.3 is 16.2 Å². The fraction of sp³-hybridized carbons (Fsp3) is 0.0714. The van der Waals surface area contributed by atoms with Gasteiger partial charge in [0.15, 0.2) is 0 Å². The van der Waals surface area contributed by atoms with Crippen LogP contribution in [0, 0.1) is 0 Å². The monoisotopic (exact) mass is 320 g/mol. The molecule has 19 heavy (non-hydrogen) atoms. The van der Waals surface area contributed by atoms with Crippen LogP contribution in [0.25, 0.3) is 0 Å². The van der Waals surface area contributed by atoms with Crippen molar-refractivity contribution in [1.29, 1.82) is 0 Å². The molecule has 0 aliphatic heterocycles. The molecular weight excluding hydrogens is 308 g/mol. The van der Waals surface area contributed by atoms with Crippen molar-refractivity contribution >= 4 is 27.5 Å². The van der Waals surface area contributed by atoms with Crippen LogP contribution in [0.1, 0.15) is 15.9 Å². The SMILES string of the molecule is Nc1ccc(O)c(CNC(=O)c2ccc(Br)cc2)c1. The number of hydrogen-bond acceptors (Lipinski definition) is 3. The molecule has 0 heterocycles. The first-order valence-electron chi connectivity index (χ1n) is 5.67. The van der Waals surface area contributed by atoms with Crippen LogP contribution in [0.3, 0.4) is 0 Å². The molecule has 0 aliphatic rings. The second kappa shape index (κ2) is 5.75. The number of halogens is 1. The van der Waals surface area contributed by atoms with Crippen molar-refractivity contribution in [3.63, 3.8) is 0 Å². The molecule has 0 spiro atoms. The summed E-state index contributed by atoms with van der Waals surface area (Å²) in [5.41, 5.74) is 7.33. The summed E-state index contributed by atoms with van der Waals surface area (Å²) in [6.45, 7) is 0.228. The zero-order valence-electron chi connectivity index (χ0n) is 10.1. The lowest BCUT2D eigenvalue weighted by molar-refractivity contribution is 0.0950.